The number of rotatable bonds is 9. The van der Waals surface area contributed by atoms with Crippen LogP contribution in [0.15, 0.2) is 54.6 Å². The molecule has 0 aliphatic carbocycles. The lowest BCUT2D eigenvalue weighted by atomic mass is 9.70. The molecule has 3 amide bonds. The van der Waals surface area contributed by atoms with E-state index in [1.54, 1.807) is 23.6 Å². The van der Waals surface area contributed by atoms with E-state index in [1.807, 2.05) is 54.6 Å². The lowest BCUT2D eigenvalue weighted by Gasteiger charge is -2.36. The maximum Gasteiger partial charge on any atom is 0.248 e. The number of thioether (sulfide) groups is 1. The van der Waals surface area contributed by atoms with Crippen LogP contribution >= 0.6 is 11.8 Å². The van der Waals surface area contributed by atoms with Crippen molar-refractivity contribution in [3.63, 3.8) is 0 Å². The van der Waals surface area contributed by atoms with Crippen molar-refractivity contribution in [1.29, 1.82) is 0 Å². The Balaban J connectivity index is 1.42. The Morgan fingerprint density at radius 3 is 2.32 bits per heavy atom. The number of para-hydroxylation sites is 1. The van der Waals surface area contributed by atoms with Gasteiger partial charge in [-0.1, -0.05) is 18.2 Å². The third-order valence-electron chi connectivity index (χ3n) is 8.33. The van der Waals surface area contributed by atoms with Crippen molar-refractivity contribution in [2.75, 3.05) is 35.2 Å². The second kappa shape index (κ2) is 10.6. The average Bonchev–Trinajstić information content (AvgIpc) is 3.57. The summed E-state index contributed by atoms with van der Waals surface area (Å²) in [5, 5.41) is 16.0. The zero-order chi connectivity index (χ0) is 27.0. The maximum absolute atomic E-state index is 13.9. The molecule has 2 aromatic rings. The van der Waals surface area contributed by atoms with Crippen LogP contribution in [0.1, 0.15) is 33.6 Å². The number of carbonyl (C=O) groups is 3. The Labute approximate surface area is 228 Å². The van der Waals surface area contributed by atoms with Gasteiger partial charge in [0.2, 0.25) is 17.7 Å². The number of anilines is 3. The first-order valence-corrected chi connectivity index (χ1v) is 14.3. The number of aliphatic hydroxyl groups is 1. The molecule has 3 aliphatic heterocycles. The highest BCUT2D eigenvalue weighted by molar-refractivity contribution is 8.02. The third kappa shape index (κ3) is 4.35. The molecule has 0 radical (unpaired) electrons. The fraction of sp³-hybridized carbons (Fsp3) is 0.483. The van der Waals surface area contributed by atoms with Crippen molar-refractivity contribution in [1.82, 2.24) is 4.90 Å². The van der Waals surface area contributed by atoms with Crippen molar-refractivity contribution in [2.24, 2.45) is 11.8 Å². The molecule has 3 fully saturated rings. The minimum atomic E-state index is -0.769. The highest BCUT2D eigenvalue weighted by Crippen LogP contribution is 2.66. The molecule has 202 valence electrons. The number of hydrogen-bond donors (Lipinski definition) is 3. The van der Waals surface area contributed by atoms with Crippen LogP contribution in [0.25, 0.3) is 0 Å². The molecule has 2 unspecified atom stereocenters. The van der Waals surface area contributed by atoms with Gasteiger partial charge in [0, 0.05) is 35.4 Å². The van der Waals surface area contributed by atoms with Crippen LogP contribution in [0.3, 0.4) is 0 Å². The largest absolute Gasteiger partial charge is 0.394 e. The van der Waals surface area contributed by atoms with Crippen LogP contribution in [0.4, 0.5) is 17.1 Å². The number of likely N-dealkylation sites (tertiary alicyclic amines) is 1. The first-order chi connectivity index (χ1) is 18.3. The van der Waals surface area contributed by atoms with Gasteiger partial charge < -0.3 is 25.5 Å². The maximum atomic E-state index is 13.9. The minimum absolute atomic E-state index is 0.0251. The fourth-order valence-electron chi connectivity index (χ4n) is 6.56. The summed E-state index contributed by atoms with van der Waals surface area (Å²) in [6.45, 7) is 7.48. The Morgan fingerprint density at radius 1 is 1.05 bits per heavy atom. The highest BCUT2D eigenvalue weighted by Gasteiger charge is 2.74. The molecule has 9 heteroatoms. The van der Waals surface area contributed by atoms with Crippen LogP contribution < -0.4 is 15.5 Å². The summed E-state index contributed by atoms with van der Waals surface area (Å²) in [4.78, 5) is 45.1. The highest BCUT2D eigenvalue weighted by atomic mass is 32.2. The van der Waals surface area contributed by atoms with Gasteiger partial charge in [0.15, 0.2) is 0 Å². The zero-order valence-electron chi connectivity index (χ0n) is 22.1. The molecular formula is C29H36N4O4S. The monoisotopic (exact) mass is 536 g/mol. The van der Waals surface area contributed by atoms with Gasteiger partial charge in [-0.2, -0.15) is 0 Å². The molecule has 3 N–H and O–H groups in total. The number of carbonyl (C=O) groups excluding carboxylic acids is 3. The second-order valence-corrected chi connectivity index (χ2v) is 12.0. The first-order valence-electron chi connectivity index (χ1n) is 13.5. The molecule has 6 atom stereocenters. The molecule has 0 aromatic heterocycles. The van der Waals surface area contributed by atoms with Gasteiger partial charge in [-0.25, -0.2) is 0 Å². The van der Waals surface area contributed by atoms with Crippen molar-refractivity contribution in [2.45, 2.75) is 55.7 Å². The van der Waals surface area contributed by atoms with E-state index >= 15 is 0 Å². The number of nitrogens with zero attached hydrogens (tertiary/aromatic N) is 2. The van der Waals surface area contributed by atoms with Crippen LogP contribution in [0.2, 0.25) is 0 Å². The Morgan fingerprint density at radius 2 is 1.68 bits per heavy atom. The van der Waals surface area contributed by atoms with Crippen molar-refractivity contribution >= 4 is 46.5 Å². The topological polar surface area (TPSA) is 102 Å². The number of aliphatic hydroxyl groups excluding tert-OH is 1. The molecular weight excluding hydrogens is 500 g/mol. The van der Waals surface area contributed by atoms with Crippen LogP contribution in [0.5, 0.6) is 0 Å². The Bertz CT molecular complexity index is 1190. The summed E-state index contributed by atoms with van der Waals surface area (Å²) < 4.78 is -0.699. The summed E-state index contributed by atoms with van der Waals surface area (Å²) in [5.74, 6) is -1.80. The van der Waals surface area contributed by atoms with Gasteiger partial charge in [0.1, 0.15) is 6.04 Å². The molecule has 3 saturated heterocycles. The van der Waals surface area contributed by atoms with Gasteiger partial charge in [-0.15, -0.1) is 11.8 Å². The van der Waals surface area contributed by atoms with Crippen LogP contribution in [-0.4, -0.2) is 69.5 Å². The van der Waals surface area contributed by atoms with Crippen molar-refractivity contribution in [3.05, 3.63) is 54.6 Å². The van der Waals surface area contributed by atoms with Gasteiger partial charge in [-0.05, 0) is 70.0 Å². The number of benzene rings is 2. The average molecular weight is 537 g/mol. The third-order valence-corrected chi connectivity index (χ3v) is 10.3. The van der Waals surface area contributed by atoms with E-state index in [1.165, 1.54) is 0 Å². The van der Waals surface area contributed by atoms with Crippen molar-refractivity contribution < 1.29 is 19.5 Å². The number of hydrogen-bond acceptors (Lipinski definition) is 6. The van der Waals surface area contributed by atoms with E-state index < -0.39 is 28.7 Å². The predicted molar refractivity (Wildman–Crippen MR) is 151 cm³/mol. The number of nitrogens with one attached hydrogen (secondary N) is 2. The van der Waals surface area contributed by atoms with E-state index in [2.05, 4.69) is 29.4 Å². The van der Waals surface area contributed by atoms with Gasteiger partial charge in [0.05, 0.1) is 29.2 Å². The Kier molecular flexibility index (Phi) is 7.42. The molecule has 8 nitrogen and oxygen atoms in total. The van der Waals surface area contributed by atoms with Crippen LogP contribution in [0, 0.1) is 11.8 Å². The summed E-state index contributed by atoms with van der Waals surface area (Å²) >= 11 is 1.62. The summed E-state index contributed by atoms with van der Waals surface area (Å²) in [7, 11) is 0. The summed E-state index contributed by atoms with van der Waals surface area (Å²) in [6, 6.07) is 15.7. The van der Waals surface area contributed by atoms with E-state index in [9.17, 15) is 19.5 Å². The zero-order valence-corrected chi connectivity index (χ0v) is 22.9. The molecule has 3 heterocycles. The second-order valence-electron chi connectivity index (χ2n) is 10.4. The SMILES string of the molecule is CCN(CC)c1ccc(NC(=O)C2N([C@H](C)CO)C(=O)[C@@H]3[C@@H](C(=O)Nc4ccccc4)[C@H]4CCC23S4)cc1. The summed E-state index contributed by atoms with van der Waals surface area (Å²) in [6.07, 6.45) is 1.45. The summed E-state index contributed by atoms with van der Waals surface area (Å²) in [5.41, 5.74) is 2.43. The van der Waals surface area contributed by atoms with E-state index in [0.29, 0.717) is 17.8 Å². The first kappa shape index (κ1) is 26.6. The van der Waals surface area contributed by atoms with E-state index in [0.717, 1.165) is 25.2 Å². The molecule has 1 spiro atoms. The van der Waals surface area contributed by atoms with Crippen molar-refractivity contribution in [3.8, 4) is 0 Å². The van der Waals surface area contributed by atoms with Crippen LogP contribution in [-0.2, 0) is 14.4 Å². The Hall–Kier alpha value is -3.04. The predicted octanol–water partition coefficient (Wildman–Crippen LogP) is 3.58. The normalized spacial score (nSPS) is 28.2. The molecule has 2 aromatic carbocycles. The number of fused-ring (bicyclic) bond motifs is 1. The van der Waals surface area contributed by atoms with Gasteiger partial charge >= 0.3 is 0 Å². The van der Waals surface area contributed by atoms with Gasteiger partial charge in [-0.3, -0.25) is 14.4 Å². The number of amides is 3. The standard InChI is InChI=1S/C29H36N4O4S/c1-4-32(5-2)21-13-11-20(12-14-21)31-27(36)25-29-16-15-22(38-29)23(24(29)28(37)33(25)18(3)17-34)26(35)30-19-9-7-6-8-10-19/h6-14,18,22-25,34H,4-5,15-17H2,1-3H3,(H,30,35)(H,31,36)/t18-,22-,23+,24+,25?,29?/m1/s1. The molecule has 0 saturated carbocycles. The molecule has 3 aliphatic rings. The smallest absolute Gasteiger partial charge is 0.248 e. The minimum Gasteiger partial charge on any atom is -0.394 e. The molecule has 5 rings (SSSR count). The quantitative estimate of drug-likeness (QED) is 0.453. The lowest BCUT2D eigenvalue weighted by molar-refractivity contribution is -0.140. The van der Waals surface area contributed by atoms with E-state index in [4.69, 9.17) is 0 Å². The van der Waals surface area contributed by atoms with Gasteiger partial charge in [0.25, 0.3) is 0 Å². The fourth-order valence-corrected chi connectivity index (χ4v) is 8.76. The molecule has 38 heavy (non-hydrogen) atoms. The molecule has 2 bridgehead atoms. The van der Waals surface area contributed by atoms with E-state index in [-0.39, 0.29) is 29.6 Å². The lowest BCUT2D eigenvalue weighted by Crippen LogP contribution is -2.54.